The second kappa shape index (κ2) is 7.21. The number of carbonyl (C=O) groups excluding carboxylic acids is 2. The number of carbonyl (C=O) groups is 2. The summed E-state index contributed by atoms with van der Waals surface area (Å²) in [6.07, 6.45) is -0.347. The zero-order chi connectivity index (χ0) is 18.8. The molecule has 7 heteroatoms. The molecule has 1 aliphatic heterocycles. The lowest BCUT2D eigenvalue weighted by atomic mass is 10.1. The Hall–Kier alpha value is -2.44. The zero-order valence-corrected chi connectivity index (χ0v) is 15.5. The van der Waals surface area contributed by atoms with Gasteiger partial charge in [0, 0.05) is 31.2 Å². The Morgan fingerprint density at radius 3 is 2.44 bits per heavy atom. The number of methoxy groups -OCH3 is 1. The molecule has 138 valence electrons. The summed E-state index contributed by atoms with van der Waals surface area (Å²) in [5.41, 5.74) is 6.29. The lowest BCUT2D eigenvalue weighted by Gasteiger charge is -2.40. The minimum Gasteiger partial charge on any atom is -0.495 e. The molecule has 7 nitrogen and oxygen atoms in total. The molecule has 0 bridgehead atoms. The summed E-state index contributed by atoms with van der Waals surface area (Å²) in [7, 11) is 1.53. The summed E-state index contributed by atoms with van der Waals surface area (Å²) in [5.74, 6) is 0.435. The van der Waals surface area contributed by atoms with Gasteiger partial charge < -0.3 is 25.0 Å². The van der Waals surface area contributed by atoms with E-state index < -0.39 is 5.60 Å². The van der Waals surface area contributed by atoms with Gasteiger partial charge in [0.25, 0.3) is 5.91 Å². The second-order valence-corrected chi connectivity index (χ2v) is 7.23. The Bertz CT molecular complexity index is 654. The van der Waals surface area contributed by atoms with Crippen LogP contribution in [0.5, 0.6) is 5.75 Å². The third-order valence-corrected chi connectivity index (χ3v) is 4.02. The standard InChI is InChI=1S/C18H27N3O4/c1-12-11-20(17(23)25-18(2,3)4)8-9-21(12)16(22)13-6-7-15(24-5)14(19)10-13/h6-7,10,12H,8-9,11,19H2,1-5H3/t12-/m0/s1. The predicted octanol–water partition coefficient (Wildman–Crippen LogP) is 2.36. The van der Waals surface area contributed by atoms with Crippen molar-refractivity contribution in [3.05, 3.63) is 23.8 Å². The number of anilines is 1. The summed E-state index contributed by atoms with van der Waals surface area (Å²) in [4.78, 5) is 28.3. The molecule has 0 unspecified atom stereocenters. The SMILES string of the molecule is COc1ccc(C(=O)N2CCN(C(=O)OC(C)(C)C)C[C@@H]2C)cc1N. The van der Waals surface area contributed by atoms with Gasteiger partial charge in [0.2, 0.25) is 0 Å². The molecule has 2 rings (SSSR count). The maximum Gasteiger partial charge on any atom is 0.410 e. The van der Waals surface area contributed by atoms with Crippen molar-refractivity contribution in [2.75, 3.05) is 32.5 Å². The average Bonchev–Trinajstić information content (AvgIpc) is 2.52. The van der Waals surface area contributed by atoms with E-state index in [0.29, 0.717) is 36.6 Å². The molecule has 1 atom stereocenters. The largest absolute Gasteiger partial charge is 0.495 e. The summed E-state index contributed by atoms with van der Waals surface area (Å²) in [5, 5.41) is 0. The summed E-state index contributed by atoms with van der Waals surface area (Å²) in [6, 6.07) is 4.89. The van der Waals surface area contributed by atoms with Crippen LogP contribution in [0.2, 0.25) is 0 Å². The first-order valence-electron chi connectivity index (χ1n) is 8.35. The number of amides is 2. The van der Waals surface area contributed by atoms with Crippen LogP contribution in [0.25, 0.3) is 0 Å². The summed E-state index contributed by atoms with van der Waals surface area (Å²) < 4.78 is 10.5. The highest BCUT2D eigenvalue weighted by atomic mass is 16.6. The number of nitrogen functional groups attached to an aromatic ring is 1. The normalized spacial score (nSPS) is 18.0. The van der Waals surface area contributed by atoms with Gasteiger partial charge in [-0.1, -0.05) is 0 Å². The number of nitrogens with zero attached hydrogens (tertiary/aromatic N) is 2. The van der Waals surface area contributed by atoms with Crippen molar-refractivity contribution < 1.29 is 19.1 Å². The summed E-state index contributed by atoms with van der Waals surface area (Å²) >= 11 is 0. The molecule has 1 fully saturated rings. The monoisotopic (exact) mass is 349 g/mol. The molecule has 1 aliphatic rings. The van der Waals surface area contributed by atoms with Gasteiger partial charge in [-0.2, -0.15) is 0 Å². The molecule has 1 aromatic rings. The fourth-order valence-corrected chi connectivity index (χ4v) is 2.78. The van der Waals surface area contributed by atoms with Crippen LogP contribution in [0.3, 0.4) is 0 Å². The van der Waals surface area contributed by atoms with Crippen molar-refractivity contribution in [3.63, 3.8) is 0 Å². The molecule has 2 amide bonds. The smallest absolute Gasteiger partial charge is 0.410 e. The predicted molar refractivity (Wildman–Crippen MR) is 95.7 cm³/mol. The van der Waals surface area contributed by atoms with Gasteiger partial charge in [0.1, 0.15) is 11.4 Å². The van der Waals surface area contributed by atoms with Crippen LogP contribution in [0, 0.1) is 0 Å². The molecular weight excluding hydrogens is 322 g/mol. The molecule has 0 aromatic heterocycles. The Kier molecular flexibility index (Phi) is 5.45. The molecule has 2 N–H and O–H groups in total. The first kappa shape index (κ1) is 18.9. The Morgan fingerprint density at radius 2 is 1.92 bits per heavy atom. The summed E-state index contributed by atoms with van der Waals surface area (Å²) in [6.45, 7) is 8.75. The number of rotatable bonds is 2. The highest BCUT2D eigenvalue weighted by molar-refractivity contribution is 5.95. The molecular formula is C18H27N3O4. The van der Waals surface area contributed by atoms with Crippen molar-refractivity contribution in [3.8, 4) is 5.75 Å². The number of benzene rings is 1. The van der Waals surface area contributed by atoms with E-state index in [2.05, 4.69) is 0 Å². The highest BCUT2D eigenvalue weighted by Crippen LogP contribution is 2.24. The molecule has 0 spiro atoms. The van der Waals surface area contributed by atoms with Crippen LogP contribution in [0.1, 0.15) is 38.1 Å². The van der Waals surface area contributed by atoms with Crippen LogP contribution in [0.15, 0.2) is 18.2 Å². The van der Waals surface area contributed by atoms with Crippen LogP contribution in [0.4, 0.5) is 10.5 Å². The Balaban J connectivity index is 2.04. The molecule has 25 heavy (non-hydrogen) atoms. The van der Waals surface area contributed by atoms with E-state index in [0.717, 1.165) is 0 Å². The van der Waals surface area contributed by atoms with E-state index in [4.69, 9.17) is 15.2 Å². The lowest BCUT2D eigenvalue weighted by molar-refractivity contribution is 0.00617. The van der Waals surface area contributed by atoms with E-state index in [-0.39, 0.29) is 18.0 Å². The average molecular weight is 349 g/mol. The third-order valence-electron chi connectivity index (χ3n) is 4.02. The maximum absolute atomic E-state index is 12.8. The van der Waals surface area contributed by atoms with Gasteiger partial charge in [-0.05, 0) is 45.9 Å². The van der Waals surface area contributed by atoms with E-state index >= 15 is 0 Å². The third kappa shape index (κ3) is 4.55. The van der Waals surface area contributed by atoms with Crippen molar-refractivity contribution >= 4 is 17.7 Å². The first-order chi connectivity index (χ1) is 11.6. The minimum absolute atomic E-state index is 0.106. The van der Waals surface area contributed by atoms with Crippen molar-refractivity contribution in [1.82, 2.24) is 9.80 Å². The topological polar surface area (TPSA) is 85.1 Å². The lowest BCUT2D eigenvalue weighted by Crippen LogP contribution is -2.56. The first-order valence-corrected chi connectivity index (χ1v) is 8.35. The number of piperazine rings is 1. The fraction of sp³-hybridized carbons (Fsp3) is 0.556. The van der Waals surface area contributed by atoms with Crippen molar-refractivity contribution in [1.29, 1.82) is 0 Å². The molecule has 1 aromatic carbocycles. The van der Waals surface area contributed by atoms with Gasteiger partial charge in [-0.3, -0.25) is 4.79 Å². The molecule has 1 saturated heterocycles. The molecule has 0 radical (unpaired) electrons. The van der Waals surface area contributed by atoms with E-state index in [1.54, 1.807) is 28.0 Å². The number of ether oxygens (including phenoxy) is 2. The highest BCUT2D eigenvalue weighted by Gasteiger charge is 2.32. The van der Waals surface area contributed by atoms with Gasteiger partial charge >= 0.3 is 6.09 Å². The Morgan fingerprint density at radius 1 is 1.24 bits per heavy atom. The van der Waals surface area contributed by atoms with E-state index in [1.165, 1.54) is 7.11 Å². The molecule has 0 saturated carbocycles. The molecule has 0 aliphatic carbocycles. The van der Waals surface area contributed by atoms with Gasteiger partial charge in [-0.15, -0.1) is 0 Å². The molecule has 1 heterocycles. The van der Waals surface area contributed by atoms with Gasteiger partial charge in [-0.25, -0.2) is 4.79 Å². The maximum atomic E-state index is 12.8. The minimum atomic E-state index is -0.534. The van der Waals surface area contributed by atoms with Crippen LogP contribution >= 0.6 is 0 Å². The van der Waals surface area contributed by atoms with Gasteiger partial charge in [0.15, 0.2) is 0 Å². The van der Waals surface area contributed by atoms with Crippen molar-refractivity contribution in [2.24, 2.45) is 0 Å². The zero-order valence-electron chi connectivity index (χ0n) is 15.5. The number of nitrogens with two attached hydrogens (primary N) is 1. The van der Waals surface area contributed by atoms with E-state index in [9.17, 15) is 9.59 Å². The number of hydrogen-bond acceptors (Lipinski definition) is 5. The van der Waals surface area contributed by atoms with Crippen LogP contribution in [-0.2, 0) is 4.74 Å². The number of hydrogen-bond donors (Lipinski definition) is 1. The quantitative estimate of drug-likeness (QED) is 0.829. The Labute approximate surface area is 148 Å². The van der Waals surface area contributed by atoms with Crippen LogP contribution < -0.4 is 10.5 Å². The van der Waals surface area contributed by atoms with Crippen LogP contribution in [-0.4, -0.2) is 60.2 Å². The second-order valence-electron chi connectivity index (χ2n) is 7.23. The fourth-order valence-electron chi connectivity index (χ4n) is 2.78. The van der Waals surface area contributed by atoms with E-state index in [1.807, 2.05) is 27.7 Å². The van der Waals surface area contributed by atoms with Gasteiger partial charge in [0.05, 0.1) is 12.8 Å². The van der Waals surface area contributed by atoms with Crippen molar-refractivity contribution in [2.45, 2.75) is 39.3 Å².